The highest BCUT2D eigenvalue weighted by Crippen LogP contribution is 2.16. The van der Waals surface area contributed by atoms with Crippen molar-refractivity contribution in [1.82, 2.24) is 5.32 Å². The van der Waals surface area contributed by atoms with Gasteiger partial charge in [0.2, 0.25) is 5.91 Å². The number of nitrogens with one attached hydrogen (secondary N) is 1. The van der Waals surface area contributed by atoms with Crippen molar-refractivity contribution in [2.75, 3.05) is 13.7 Å². The van der Waals surface area contributed by atoms with Gasteiger partial charge in [-0.25, -0.2) is 0 Å². The molecule has 76 valence electrons. The predicted molar refractivity (Wildman–Crippen MR) is 48.2 cm³/mol. The van der Waals surface area contributed by atoms with Crippen LogP contribution in [0.5, 0.6) is 0 Å². The van der Waals surface area contributed by atoms with E-state index in [4.69, 9.17) is 9.47 Å². The van der Waals surface area contributed by atoms with Crippen LogP contribution >= 0.6 is 0 Å². The lowest BCUT2D eigenvalue weighted by atomic mass is 10.1. The first kappa shape index (κ1) is 10.5. The van der Waals surface area contributed by atoms with Gasteiger partial charge in [0, 0.05) is 20.6 Å². The first-order valence-electron chi connectivity index (χ1n) is 4.65. The van der Waals surface area contributed by atoms with E-state index < -0.39 is 0 Å². The van der Waals surface area contributed by atoms with Crippen molar-refractivity contribution in [2.24, 2.45) is 0 Å². The topological polar surface area (TPSA) is 47.6 Å². The van der Waals surface area contributed by atoms with Gasteiger partial charge in [-0.3, -0.25) is 4.79 Å². The average Bonchev–Trinajstić information content (AvgIpc) is 2.15. The molecule has 1 fully saturated rings. The summed E-state index contributed by atoms with van der Waals surface area (Å²) in [5, 5.41) is 2.71. The van der Waals surface area contributed by atoms with Gasteiger partial charge in [0.15, 0.2) is 6.23 Å². The Morgan fingerprint density at radius 3 is 2.85 bits per heavy atom. The molecule has 2 unspecified atom stereocenters. The third-order valence-corrected chi connectivity index (χ3v) is 2.15. The maximum absolute atomic E-state index is 10.8. The number of hydrogen-bond acceptors (Lipinski definition) is 3. The number of carbonyl (C=O) groups is 1. The summed E-state index contributed by atoms with van der Waals surface area (Å²) >= 11 is 0. The molecule has 1 amide bonds. The van der Waals surface area contributed by atoms with Crippen molar-refractivity contribution < 1.29 is 14.3 Å². The Morgan fingerprint density at radius 2 is 2.38 bits per heavy atom. The van der Waals surface area contributed by atoms with E-state index in [1.807, 2.05) is 0 Å². The van der Waals surface area contributed by atoms with Gasteiger partial charge in [-0.2, -0.15) is 0 Å². The van der Waals surface area contributed by atoms with Crippen LogP contribution < -0.4 is 5.32 Å². The Morgan fingerprint density at radius 1 is 1.62 bits per heavy atom. The molecule has 4 nitrogen and oxygen atoms in total. The van der Waals surface area contributed by atoms with Gasteiger partial charge in [0.05, 0.1) is 0 Å². The van der Waals surface area contributed by atoms with Crippen LogP contribution in [0.2, 0.25) is 0 Å². The van der Waals surface area contributed by atoms with Crippen molar-refractivity contribution >= 4 is 5.91 Å². The minimum Gasteiger partial charge on any atom is -0.374 e. The zero-order valence-electron chi connectivity index (χ0n) is 8.21. The summed E-state index contributed by atoms with van der Waals surface area (Å²) < 4.78 is 10.6. The molecule has 0 aromatic heterocycles. The number of ether oxygens (including phenoxy) is 2. The Bertz CT molecular complexity index is 166. The molecule has 0 aromatic carbocycles. The molecule has 1 aliphatic rings. The fourth-order valence-corrected chi connectivity index (χ4v) is 1.51. The second kappa shape index (κ2) is 5.19. The molecular formula is C9H17NO3. The van der Waals surface area contributed by atoms with Crippen molar-refractivity contribution in [3.63, 3.8) is 0 Å². The van der Waals surface area contributed by atoms with Gasteiger partial charge in [-0.15, -0.1) is 0 Å². The number of hydrogen-bond donors (Lipinski definition) is 1. The molecule has 1 heterocycles. The van der Waals surface area contributed by atoms with Crippen molar-refractivity contribution in [1.29, 1.82) is 0 Å². The van der Waals surface area contributed by atoms with Crippen LogP contribution in [0.25, 0.3) is 0 Å². The molecule has 0 spiro atoms. The van der Waals surface area contributed by atoms with Crippen LogP contribution in [0.15, 0.2) is 0 Å². The molecule has 1 N–H and O–H groups in total. The SMILES string of the molecule is COC(NC(C)=O)C1CCCCO1. The second-order valence-corrected chi connectivity index (χ2v) is 3.26. The molecule has 1 rings (SSSR count). The largest absolute Gasteiger partial charge is 0.374 e. The smallest absolute Gasteiger partial charge is 0.218 e. The summed E-state index contributed by atoms with van der Waals surface area (Å²) in [4.78, 5) is 10.8. The quantitative estimate of drug-likeness (QED) is 0.660. The van der Waals surface area contributed by atoms with E-state index in [1.54, 1.807) is 7.11 Å². The molecule has 0 aromatic rings. The van der Waals surface area contributed by atoms with Gasteiger partial charge >= 0.3 is 0 Å². The predicted octanol–water partition coefficient (Wildman–Crippen LogP) is 0.664. The van der Waals surface area contributed by atoms with E-state index in [0.29, 0.717) is 0 Å². The summed E-state index contributed by atoms with van der Waals surface area (Å²) in [7, 11) is 1.58. The van der Waals surface area contributed by atoms with Crippen LogP contribution in [-0.2, 0) is 14.3 Å². The summed E-state index contributed by atoms with van der Waals surface area (Å²) in [6.45, 7) is 2.25. The highest BCUT2D eigenvalue weighted by atomic mass is 16.5. The Hall–Kier alpha value is -0.610. The molecule has 0 saturated carbocycles. The maximum atomic E-state index is 10.8. The number of carbonyl (C=O) groups excluding carboxylic acids is 1. The third-order valence-electron chi connectivity index (χ3n) is 2.15. The maximum Gasteiger partial charge on any atom is 0.218 e. The molecule has 1 saturated heterocycles. The average molecular weight is 187 g/mol. The minimum atomic E-state index is -0.294. The molecular weight excluding hydrogens is 170 g/mol. The van der Waals surface area contributed by atoms with E-state index in [1.165, 1.54) is 6.92 Å². The summed E-state index contributed by atoms with van der Waals surface area (Å²) in [6.07, 6.45) is 2.93. The lowest BCUT2D eigenvalue weighted by molar-refractivity contribution is -0.131. The van der Waals surface area contributed by atoms with E-state index in [9.17, 15) is 4.79 Å². The minimum absolute atomic E-state index is 0.0163. The highest BCUT2D eigenvalue weighted by molar-refractivity contribution is 5.73. The van der Waals surface area contributed by atoms with E-state index in [0.717, 1.165) is 25.9 Å². The van der Waals surface area contributed by atoms with Gasteiger partial charge < -0.3 is 14.8 Å². The Balaban J connectivity index is 2.39. The molecule has 2 atom stereocenters. The van der Waals surface area contributed by atoms with Gasteiger partial charge in [-0.05, 0) is 19.3 Å². The Labute approximate surface area is 78.6 Å². The van der Waals surface area contributed by atoms with E-state index >= 15 is 0 Å². The first-order chi connectivity index (χ1) is 6.24. The van der Waals surface area contributed by atoms with Crippen LogP contribution in [-0.4, -0.2) is 32.0 Å². The monoisotopic (exact) mass is 187 g/mol. The van der Waals surface area contributed by atoms with Crippen molar-refractivity contribution in [3.8, 4) is 0 Å². The van der Waals surface area contributed by atoms with Crippen molar-refractivity contribution in [3.05, 3.63) is 0 Å². The summed E-state index contributed by atoms with van der Waals surface area (Å²) in [5.74, 6) is -0.0824. The van der Waals surface area contributed by atoms with Crippen LogP contribution in [0, 0.1) is 0 Å². The molecule has 0 radical (unpaired) electrons. The molecule has 4 heteroatoms. The fraction of sp³-hybridized carbons (Fsp3) is 0.889. The van der Waals surface area contributed by atoms with E-state index in [2.05, 4.69) is 5.32 Å². The zero-order valence-corrected chi connectivity index (χ0v) is 8.21. The van der Waals surface area contributed by atoms with Crippen molar-refractivity contribution in [2.45, 2.75) is 38.5 Å². The standard InChI is InChI=1S/C9H17NO3/c1-7(11)10-9(12-2)8-5-3-4-6-13-8/h8-9H,3-6H2,1-2H3,(H,10,11). The summed E-state index contributed by atoms with van der Waals surface area (Å²) in [5.41, 5.74) is 0. The van der Waals surface area contributed by atoms with Gasteiger partial charge in [0.1, 0.15) is 6.10 Å². The zero-order chi connectivity index (χ0) is 9.68. The number of methoxy groups -OCH3 is 1. The van der Waals surface area contributed by atoms with Gasteiger partial charge in [-0.1, -0.05) is 0 Å². The lowest BCUT2D eigenvalue weighted by Crippen LogP contribution is -2.46. The highest BCUT2D eigenvalue weighted by Gasteiger charge is 2.24. The molecule has 13 heavy (non-hydrogen) atoms. The summed E-state index contributed by atoms with van der Waals surface area (Å²) in [6, 6.07) is 0. The van der Waals surface area contributed by atoms with Crippen LogP contribution in [0.4, 0.5) is 0 Å². The third kappa shape index (κ3) is 3.32. The molecule has 0 bridgehead atoms. The van der Waals surface area contributed by atoms with Crippen LogP contribution in [0.1, 0.15) is 26.2 Å². The normalized spacial score (nSPS) is 25.2. The first-order valence-corrected chi connectivity index (χ1v) is 4.65. The number of rotatable bonds is 3. The van der Waals surface area contributed by atoms with E-state index in [-0.39, 0.29) is 18.2 Å². The van der Waals surface area contributed by atoms with Gasteiger partial charge in [0.25, 0.3) is 0 Å². The lowest BCUT2D eigenvalue weighted by Gasteiger charge is -2.29. The molecule has 1 aliphatic heterocycles. The Kier molecular flexibility index (Phi) is 4.18. The fourth-order valence-electron chi connectivity index (χ4n) is 1.51. The second-order valence-electron chi connectivity index (χ2n) is 3.26. The number of amides is 1. The molecule has 0 aliphatic carbocycles. The van der Waals surface area contributed by atoms with Crippen LogP contribution in [0.3, 0.4) is 0 Å².